The van der Waals surface area contributed by atoms with Crippen molar-refractivity contribution in [1.82, 2.24) is 0 Å². The van der Waals surface area contributed by atoms with Crippen LogP contribution >= 0.6 is 0 Å². The molecule has 0 aromatic heterocycles. The molecule has 0 radical (unpaired) electrons. The van der Waals surface area contributed by atoms with Crippen molar-refractivity contribution in [3.8, 4) is 5.75 Å². The fourth-order valence-corrected chi connectivity index (χ4v) is 1.72. The number of carboxylic acids is 1. The summed E-state index contributed by atoms with van der Waals surface area (Å²) < 4.78 is 13.6. The van der Waals surface area contributed by atoms with Crippen LogP contribution in [0.1, 0.15) is 20.7 Å². The molecule has 0 spiro atoms. The molecule has 2 rings (SSSR count). The number of nitrogens with two attached hydrogens (primary N) is 1. The zero-order valence-corrected chi connectivity index (χ0v) is 10.6. The summed E-state index contributed by atoms with van der Waals surface area (Å²) >= 11 is 0. The van der Waals surface area contributed by atoms with E-state index in [0.29, 0.717) is 0 Å². The smallest absolute Gasteiger partial charge is 0.337 e. The first-order valence-electron chi connectivity index (χ1n) is 5.81. The van der Waals surface area contributed by atoms with Crippen molar-refractivity contribution in [3.63, 3.8) is 0 Å². The summed E-state index contributed by atoms with van der Waals surface area (Å²) in [6.45, 7) is 0. The SMILES string of the molecule is Nc1ccc(C(=O)Nc2ccc(O)cc2C(=O)O)c(F)c1. The molecule has 0 saturated carbocycles. The van der Waals surface area contributed by atoms with Crippen LogP contribution in [0.4, 0.5) is 15.8 Å². The minimum atomic E-state index is -1.33. The quantitative estimate of drug-likeness (QED) is 0.510. The molecule has 0 fully saturated rings. The van der Waals surface area contributed by atoms with E-state index in [1.807, 2.05) is 0 Å². The summed E-state index contributed by atoms with van der Waals surface area (Å²) in [6, 6.07) is 6.95. The van der Waals surface area contributed by atoms with Gasteiger partial charge in [-0.25, -0.2) is 9.18 Å². The van der Waals surface area contributed by atoms with E-state index in [4.69, 9.17) is 10.8 Å². The van der Waals surface area contributed by atoms with Crippen LogP contribution < -0.4 is 11.1 Å². The van der Waals surface area contributed by atoms with E-state index < -0.39 is 17.7 Å². The second-order valence-electron chi connectivity index (χ2n) is 4.23. The highest BCUT2D eigenvalue weighted by Gasteiger charge is 2.16. The van der Waals surface area contributed by atoms with Crippen molar-refractivity contribution in [2.75, 3.05) is 11.1 Å². The van der Waals surface area contributed by atoms with Crippen molar-refractivity contribution in [2.45, 2.75) is 0 Å². The number of phenols is 1. The lowest BCUT2D eigenvalue weighted by atomic mass is 10.1. The monoisotopic (exact) mass is 290 g/mol. The molecule has 0 aliphatic rings. The molecule has 0 atom stereocenters. The van der Waals surface area contributed by atoms with E-state index in [-0.39, 0.29) is 28.3 Å². The molecule has 0 saturated heterocycles. The number of carboxylic acid groups (broad SMARTS) is 1. The Morgan fingerprint density at radius 1 is 1.10 bits per heavy atom. The highest BCUT2D eigenvalue weighted by Crippen LogP contribution is 2.22. The molecule has 0 heterocycles. The van der Waals surface area contributed by atoms with Gasteiger partial charge in [-0.05, 0) is 36.4 Å². The molecular formula is C14H11FN2O4. The van der Waals surface area contributed by atoms with Gasteiger partial charge in [-0.2, -0.15) is 0 Å². The number of aromatic carboxylic acids is 1. The number of hydrogen-bond acceptors (Lipinski definition) is 4. The van der Waals surface area contributed by atoms with Crippen molar-refractivity contribution < 1.29 is 24.2 Å². The molecule has 0 aliphatic carbocycles. The van der Waals surface area contributed by atoms with E-state index in [2.05, 4.69) is 5.32 Å². The Kier molecular flexibility index (Phi) is 3.75. The fourth-order valence-electron chi connectivity index (χ4n) is 1.72. The number of phenolic OH excluding ortho intramolecular Hbond substituents is 1. The Bertz CT molecular complexity index is 731. The summed E-state index contributed by atoms with van der Waals surface area (Å²) in [5.41, 5.74) is 4.92. The van der Waals surface area contributed by atoms with Crippen LogP contribution in [0.5, 0.6) is 5.75 Å². The first-order chi connectivity index (χ1) is 9.88. The molecule has 108 valence electrons. The predicted octanol–water partition coefficient (Wildman–Crippen LogP) is 2.06. The van der Waals surface area contributed by atoms with Gasteiger partial charge in [0.05, 0.1) is 16.8 Å². The highest BCUT2D eigenvalue weighted by molar-refractivity contribution is 6.08. The molecule has 0 unspecified atom stereocenters. The first kappa shape index (κ1) is 14.3. The van der Waals surface area contributed by atoms with Gasteiger partial charge in [0.15, 0.2) is 0 Å². The van der Waals surface area contributed by atoms with Gasteiger partial charge in [-0.1, -0.05) is 0 Å². The van der Waals surface area contributed by atoms with Gasteiger partial charge in [-0.3, -0.25) is 4.79 Å². The number of carbonyl (C=O) groups is 2. The van der Waals surface area contributed by atoms with Crippen LogP contribution in [0, 0.1) is 5.82 Å². The maximum absolute atomic E-state index is 13.6. The Morgan fingerprint density at radius 3 is 2.43 bits per heavy atom. The van der Waals surface area contributed by atoms with Crippen molar-refractivity contribution in [3.05, 3.63) is 53.3 Å². The van der Waals surface area contributed by atoms with Gasteiger partial charge >= 0.3 is 5.97 Å². The van der Waals surface area contributed by atoms with Gasteiger partial charge in [-0.15, -0.1) is 0 Å². The van der Waals surface area contributed by atoms with E-state index in [1.165, 1.54) is 24.3 Å². The number of nitrogens with one attached hydrogen (secondary N) is 1. The zero-order chi connectivity index (χ0) is 15.6. The number of amides is 1. The third-order valence-electron chi connectivity index (χ3n) is 2.72. The molecule has 6 nitrogen and oxygen atoms in total. The summed E-state index contributed by atoms with van der Waals surface area (Å²) in [6.07, 6.45) is 0. The van der Waals surface area contributed by atoms with Gasteiger partial charge in [0.25, 0.3) is 5.91 Å². The van der Waals surface area contributed by atoms with E-state index in [1.54, 1.807) is 0 Å². The molecule has 5 N–H and O–H groups in total. The zero-order valence-electron chi connectivity index (χ0n) is 10.6. The number of anilines is 2. The van der Waals surface area contributed by atoms with Crippen molar-refractivity contribution in [2.24, 2.45) is 0 Å². The average Bonchev–Trinajstić information content (AvgIpc) is 2.40. The second-order valence-corrected chi connectivity index (χ2v) is 4.23. The van der Waals surface area contributed by atoms with Crippen LogP contribution in [-0.4, -0.2) is 22.1 Å². The van der Waals surface area contributed by atoms with Crippen LogP contribution in [0.2, 0.25) is 0 Å². The molecule has 2 aromatic carbocycles. The lowest BCUT2D eigenvalue weighted by molar-refractivity contribution is 0.0697. The van der Waals surface area contributed by atoms with Crippen LogP contribution in [0.15, 0.2) is 36.4 Å². The van der Waals surface area contributed by atoms with Gasteiger partial charge in [0, 0.05) is 5.69 Å². The third-order valence-corrected chi connectivity index (χ3v) is 2.72. The molecule has 7 heteroatoms. The van der Waals surface area contributed by atoms with Crippen molar-refractivity contribution >= 4 is 23.3 Å². The van der Waals surface area contributed by atoms with Crippen molar-refractivity contribution in [1.29, 1.82) is 0 Å². The average molecular weight is 290 g/mol. The topological polar surface area (TPSA) is 113 Å². The lowest BCUT2D eigenvalue weighted by Crippen LogP contribution is -2.16. The van der Waals surface area contributed by atoms with Gasteiger partial charge < -0.3 is 21.3 Å². The number of carbonyl (C=O) groups excluding carboxylic acids is 1. The maximum Gasteiger partial charge on any atom is 0.337 e. The largest absolute Gasteiger partial charge is 0.508 e. The number of hydrogen-bond donors (Lipinski definition) is 4. The predicted molar refractivity (Wildman–Crippen MR) is 73.8 cm³/mol. The van der Waals surface area contributed by atoms with E-state index in [9.17, 15) is 19.1 Å². The molecule has 0 bridgehead atoms. The number of benzene rings is 2. The Hall–Kier alpha value is -3.09. The maximum atomic E-state index is 13.6. The second kappa shape index (κ2) is 5.49. The molecule has 2 aromatic rings. The molecular weight excluding hydrogens is 279 g/mol. The number of nitrogen functional groups attached to an aromatic ring is 1. The van der Waals surface area contributed by atoms with Crippen LogP contribution in [0.25, 0.3) is 0 Å². The third kappa shape index (κ3) is 3.08. The summed E-state index contributed by atoms with van der Waals surface area (Å²) in [5, 5.41) is 20.6. The lowest BCUT2D eigenvalue weighted by Gasteiger charge is -2.09. The van der Waals surface area contributed by atoms with Crippen LogP contribution in [0.3, 0.4) is 0 Å². The number of aromatic hydroxyl groups is 1. The number of halogens is 1. The van der Waals surface area contributed by atoms with Gasteiger partial charge in [0.1, 0.15) is 11.6 Å². The van der Waals surface area contributed by atoms with Crippen LogP contribution in [-0.2, 0) is 0 Å². The normalized spacial score (nSPS) is 10.1. The highest BCUT2D eigenvalue weighted by atomic mass is 19.1. The minimum Gasteiger partial charge on any atom is -0.508 e. The van der Waals surface area contributed by atoms with E-state index in [0.717, 1.165) is 12.1 Å². The minimum absolute atomic E-state index is 0.0541. The molecule has 1 amide bonds. The Balaban J connectivity index is 2.34. The first-order valence-corrected chi connectivity index (χ1v) is 5.81. The Morgan fingerprint density at radius 2 is 1.81 bits per heavy atom. The van der Waals surface area contributed by atoms with E-state index >= 15 is 0 Å². The fraction of sp³-hybridized carbons (Fsp3) is 0. The molecule has 0 aliphatic heterocycles. The molecule has 21 heavy (non-hydrogen) atoms. The van der Waals surface area contributed by atoms with Gasteiger partial charge in [0.2, 0.25) is 0 Å². The summed E-state index contributed by atoms with van der Waals surface area (Å²) in [4.78, 5) is 23.0. The standard InChI is InChI=1S/C14H11FN2O4/c15-11-5-7(16)1-3-9(11)13(19)17-12-4-2-8(18)6-10(12)14(20)21/h1-6,18H,16H2,(H,17,19)(H,20,21). The number of rotatable bonds is 3. The Labute approximate surface area is 118 Å². The summed E-state index contributed by atoms with van der Waals surface area (Å²) in [7, 11) is 0. The summed E-state index contributed by atoms with van der Waals surface area (Å²) in [5.74, 6) is -3.23.